The van der Waals surface area contributed by atoms with Crippen molar-refractivity contribution < 1.29 is 9.47 Å². The largest absolute Gasteiger partial charge is 0.377 e. The molecule has 9 heteroatoms. The number of rotatable bonds is 6. The molecule has 2 unspecified atom stereocenters. The van der Waals surface area contributed by atoms with Crippen molar-refractivity contribution >= 4 is 28.6 Å². The molecule has 0 amide bonds. The van der Waals surface area contributed by atoms with Gasteiger partial charge >= 0.3 is 0 Å². The van der Waals surface area contributed by atoms with Crippen LogP contribution in [0.1, 0.15) is 38.3 Å². The molecule has 0 bridgehead atoms. The number of imidazole rings is 1. The van der Waals surface area contributed by atoms with E-state index in [0.717, 1.165) is 35.0 Å². The predicted octanol–water partition coefficient (Wildman–Crippen LogP) is 4.69. The number of halogens is 1. The molecule has 0 N–H and O–H groups in total. The lowest BCUT2D eigenvalue weighted by Gasteiger charge is -2.31. The van der Waals surface area contributed by atoms with Crippen LogP contribution in [-0.4, -0.2) is 59.0 Å². The molecule has 4 heterocycles. The standard InChI is InChI=1S/C26H31ClN6O2/c1-16-4-6-17(7-5-16)13-33-25-21(31-26(33)32(2)22-14-35-15-23(22)34-3)9-20(10-28)30-24(25)18-8-19(27)12-29-11-18/h8-9,11-12,16-17,22-23H,4-7,13-15H2,1-3H3. The van der Waals surface area contributed by atoms with Crippen LogP contribution in [0, 0.1) is 23.2 Å². The molecule has 184 valence electrons. The Morgan fingerprint density at radius 2 is 2.00 bits per heavy atom. The quantitative estimate of drug-likeness (QED) is 0.490. The highest BCUT2D eigenvalue weighted by molar-refractivity contribution is 6.30. The summed E-state index contributed by atoms with van der Waals surface area (Å²) in [5.41, 5.74) is 3.41. The van der Waals surface area contributed by atoms with E-state index in [0.29, 0.717) is 35.5 Å². The van der Waals surface area contributed by atoms with E-state index in [2.05, 4.69) is 27.4 Å². The van der Waals surface area contributed by atoms with Crippen molar-refractivity contribution in [1.29, 1.82) is 5.26 Å². The zero-order valence-corrected chi connectivity index (χ0v) is 21.2. The Labute approximate surface area is 210 Å². The van der Waals surface area contributed by atoms with Crippen molar-refractivity contribution in [3.63, 3.8) is 0 Å². The second-order valence-corrected chi connectivity index (χ2v) is 10.3. The summed E-state index contributed by atoms with van der Waals surface area (Å²) in [5, 5.41) is 10.2. The molecule has 5 rings (SSSR count). The lowest BCUT2D eigenvalue weighted by Crippen LogP contribution is -2.43. The third-order valence-electron chi connectivity index (χ3n) is 7.49. The van der Waals surface area contributed by atoms with Crippen LogP contribution in [0.3, 0.4) is 0 Å². The maximum atomic E-state index is 9.70. The summed E-state index contributed by atoms with van der Waals surface area (Å²) in [7, 11) is 3.77. The second kappa shape index (κ2) is 10.1. The van der Waals surface area contributed by atoms with Gasteiger partial charge in [-0.05, 0) is 30.7 Å². The lowest BCUT2D eigenvalue weighted by molar-refractivity contribution is 0.0770. The summed E-state index contributed by atoms with van der Waals surface area (Å²) >= 11 is 6.29. The topological polar surface area (TPSA) is 89.1 Å². The van der Waals surface area contributed by atoms with Gasteiger partial charge in [0.05, 0.1) is 41.0 Å². The molecule has 2 atom stereocenters. The van der Waals surface area contributed by atoms with Crippen molar-refractivity contribution in [2.24, 2.45) is 11.8 Å². The number of hydrogen-bond acceptors (Lipinski definition) is 7. The van der Waals surface area contributed by atoms with E-state index >= 15 is 0 Å². The molecule has 0 spiro atoms. The molecule has 0 aromatic carbocycles. The van der Waals surface area contributed by atoms with Gasteiger partial charge in [-0.3, -0.25) is 4.98 Å². The Morgan fingerprint density at radius 1 is 1.20 bits per heavy atom. The number of aromatic nitrogens is 4. The number of anilines is 1. The van der Waals surface area contributed by atoms with Gasteiger partial charge in [0.2, 0.25) is 5.95 Å². The molecule has 3 aromatic rings. The van der Waals surface area contributed by atoms with Crippen LogP contribution < -0.4 is 4.90 Å². The maximum absolute atomic E-state index is 9.70. The SMILES string of the molecule is COC1COCC1N(C)c1nc2cc(C#N)nc(-c3cncc(Cl)c3)c2n1CC1CCC(C)CC1. The van der Waals surface area contributed by atoms with Gasteiger partial charge in [0.1, 0.15) is 17.9 Å². The Hall–Kier alpha value is -2.73. The minimum absolute atomic E-state index is 0.0341. The Bertz CT molecular complexity index is 1250. The molecule has 35 heavy (non-hydrogen) atoms. The van der Waals surface area contributed by atoms with Crippen LogP contribution in [0.15, 0.2) is 24.5 Å². The van der Waals surface area contributed by atoms with Crippen LogP contribution in [0.5, 0.6) is 0 Å². The van der Waals surface area contributed by atoms with Gasteiger partial charge in [0, 0.05) is 44.7 Å². The van der Waals surface area contributed by atoms with E-state index in [1.54, 1.807) is 25.6 Å². The Morgan fingerprint density at radius 3 is 2.71 bits per heavy atom. The molecule has 1 saturated carbocycles. The van der Waals surface area contributed by atoms with Crippen molar-refractivity contribution in [1.82, 2.24) is 19.5 Å². The summed E-state index contributed by atoms with van der Waals surface area (Å²) in [4.78, 5) is 16.2. The molecule has 1 saturated heterocycles. The maximum Gasteiger partial charge on any atom is 0.206 e. The zero-order valence-electron chi connectivity index (χ0n) is 20.4. The third-order valence-corrected chi connectivity index (χ3v) is 7.70. The molecule has 2 fully saturated rings. The molecule has 1 aliphatic heterocycles. The molecule has 0 radical (unpaired) electrons. The highest BCUT2D eigenvalue weighted by Crippen LogP contribution is 2.36. The van der Waals surface area contributed by atoms with Gasteiger partial charge in [-0.2, -0.15) is 5.26 Å². The first-order valence-electron chi connectivity index (χ1n) is 12.2. The molecule has 8 nitrogen and oxygen atoms in total. The Balaban J connectivity index is 1.68. The summed E-state index contributed by atoms with van der Waals surface area (Å²) in [5.74, 6) is 2.16. The van der Waals surface area contributed by atoms with Crippen LogP contribution in [-0.2, 0) is 16.0 Å². The lowest BCUT2D eigenvalue weighted by atomic mass is 9.83. The fraction of sp³-hybridized carbons (Fsp3) is 0.538. The van der Waals surface area contributed by atoms with Crippen molar-refractivity contribution in [2.75, 3.05) is 32.3 Å². The van der Waals surface area contributed by atoms with Crippen LogP contribution in [0.25, 0.3) is 22.3 Å². The number of fused-ring (bicyclic) bond motifs is 1. The third kappa shape index (κ3) is 4.73. The average Bonchev–Trinajstić information content (AvgIpc) is 3.49. The van der Waals surface area contributed by atoms with Crippen molar-refractivity contribution in [2.45, 2.75) is 51.3 Å². The summed E-state index contributed by atoms with van der Waals surface area (Å²) in [6, 6.07) is 5.85. The normalized spacial score (nSPS) is 24.5. The van der Waals surface area contributed by atoms with Gasteiger partial charge < -0.3 is 18.9 Å². The Kier molecular flexibility index (Phi) is 6.92. The summed E-state index contributed by atoms with van der Waals surface area (Å²) < 4.78 is 13.7. The smallest absolute Gasteiger partial charge is 0.206 e. The minimum Gasteiger partial charge on any atom is -0.377 e. The van der Waals surface area contributed by atoms with Gasteiger partial charge in [0.25, 0.3) is 0 Å². The number of nitrogens with zero attached hydrogens (tertiary/aromatic N) is 6. The monoisotopic (exact) mass is 494 g/mol. The zero-order chi connectivity index (χ0) is 24.5. The number of hydrogen-bond donors (Lipinski definition) is 0. The number of ether oxygens (including phenoxy) is 2. The number of methoxy groups -OCH3 is 1. The fourth-order valence-corrected chi connectivity index (χ4v) is 5.59. The van der Waals surface area contributed by atoms with Gasteiger partial charge in [-0.15, -0.1) is 0 Å². The van der Waals surface area contributed by atoms with E-state index in [-0.39, 0.29) is 12.1 Å². The predicted molar refractivity (Wildman–Crippen MR) is 135 cm³/mol. The van der Waals surface area contributed by atoms with E-state index in [1.165, 1.54) is 25.7 Å². The highest BCUT2D eigenvalue weighted by atomic mass is 35.5. The van der Waals surface area contributed by atoms with Crippen LogP contribution in [0.2, 0.25) is 5.02 Å². The number of likely N-dealkylation sites (N-methyl/N-ethyl adjacent to an activating group) is 1. The molecule has 1 aliphatic carbocycles. The summed E-state index contributed by atoms with van der Waals surface area (Å²) in [6.07, 6.45) is 8.17. The molecular weight excluding hydrogens is 464 g/mol. The molecule has 3 aromatic heterocycles. The van der Waals surface area contributed by atoms with E-state index < -0.39 is 0 Å². The van der Waals surface area contributed by atoms with E-state index in [4.69, 9.17) is 31.0 Å². The molecule has 2 aliphatic rings. The van der Waals surface area contributed by atoms with Crippen LogP contribution >= 0.6 is 11.6 Å². The van der Waals surface area contributed by atoms with Crippen molar-refractivity contribution in [3.8, 4) is 17.3 Å². The van der Waals surface area contributed by atoms with Gasteiger partial charge in [0.15, 0.2) is 0 Å². The fourth-order valence-electron chi connectivity index (χ4n) is 5.41. The first-order chi connectivity index (χ1) is 17.0. The number of nitriles is 1. The second-order valence-electron chi connectivity index (χ2n) is 9.87. The van der Waals surface area contributed by atoms with E-state index in [9.17, 15) is 5.26 Å². The van der Waals surface area contributed by atoms with Gasteiger partial charge in [-0.25, -0.2) is 9.97 Å². The average molecular weight is 495 g/mol. The highest BCUT2D eigenvalue weighted by Gasteiger charge is 2.35. The van der Waals surface area contributed by atoms with Gasteiger partial charge in [-0.1, -0.05) is 31.4 Å². The minimum atomic E-state index is -0.0341. The van der Waals surface area contributed by atoms with Crippen LogP contribution in [0.4, 0.5) is 5.95 Å². The number of pyridine rings is 2. The first-order valence-corrected chi connectivity index (χ1v) is 12.6. The first kappa shape index (κ1) is 24.0. The summed E-state index contributed by atoms with van der Waals surface area (Å²) in [6.45, 7) is 4.31. The molecular formula is C26H31ClN6O2. The van der Waals surface area contributed by atoms with E-state index in [1.807, 2.05) is 13.1 Å². The van der Waals surface area contributed by atoms with Crippen molar-refractivity contribution in [3.05, 3.63) is 35.2 Å².